The van der Waals surface area contributed by atoms with E-state index in [2.05, 4.69) is 32.9 Å². The second-order valence-corrected chi connectivity index (χ2v) is 3.91. The van der Waals surface area contributed by atoms with Gasteiger partial charge in [0.1, 0.15) is 0 Å². The van der Waals surface area contributed by atoms with Gasteiger partial charge in [-0.3, -0.25) is 4.98 Å². The fraction of sp³-hybridized carbons (Fsp3) is 0.300. The highest BCUT2D eigenvalue weighted by atomic mass is 32.1. The van der Waals surface area contributed by atoms with Crippen LogP contribution in [0, 0.1) is 0 Å². The number of hydrogen-bond acceptors (Lipinski definition) is 5. The summed E-state index contributed by atoms with van der Waals surface area (Å²) in [5.74, 6) is 0. The molecule has 2 aromatic heterocycles. The Morgan fingerprint density at radius 3 is 3.00 bits per heavy atom. The Morgan fingerprint density at radius 2 is 2.40 bits per heavy atom. The third-order valence-corrected chi connectivity index (χ3v) is 2.82. The fourth-order valence-corrected chi connectivity index (χ4v) is 2.04. The molecular weight excluding hydrogens is 208 g/mol. The fourth-order valence-electron chi connectivity index (χ4n) is 1.44. The molecule has 2 heterocycles. The molecular formula is C10H12N4S. The van der Waals surface area contributed by atoms with E-state index in [4.69, 9.17) is 0 Å². The first kappa shape index (κ1) is 10.2. The molecule has 4 nitrogen and oxygen atoms in total. The minimum atomic E-state index is 0.156. The molecule has 0 radical (unpaired) electrons. The zero-order valence-electron chi connectivity index (χ0n) is 8.42. The predicted molar refractivity (Wildman–Crippen MR) is 59.7 cm³/mol. The maximum absolute atomic E-state index is 4.12. The van der Waals surface area contributed by atoms with Crippen LogP contribution in [0.4, 0.5) is 0 Å². The number of pyridine rings is 1. The van der Waals surface area contributed by atoms with Crippen molar-refractivity contribution in [3.05, 3.63) is 41.2 Å². The van der Waals surface area contributed by atoms with Crippen molar-refractivity contribution < 1.29 is 0 Å². The second kappa shape index (κ2) is 4.95. The van der Waals surface area contributed by atoms with E-state index >= 15 is 0 Å². The molecule has 0 aliphatic carbocycles. The van der Waals surface area contributed by atoms with Crippen LogP contribution in [-0.4, -0.2) is 21.1 Å². The Hall–Kier alpha value is -1.33. The smallest absolute Gasteiger partial charge is 0.0718 e. The molecule has 0 spiro atoms. The molecule has 1 unspecified atom stereocenters. The van der Waals surface area contributed by atoms with Crippen LogP contribution in [-0.2, 0) is 0 Å². The average molecular weight is 220 g/mol. The van der Waals surface area contributed by atoms with Crippen molar-refractivity contribution in [3.63, 3.8) is 0 Å². The van der Waals surface area contributed by atoms with Gasteiger partial charge in [0.15, 0.2) is 0 Å². The second-order valence-electron chi connectivity index (χ2n) is 3.10. The van der Waals surface area contributed by atoms with E-state index in [1.807, 2.05) is 12.3 Å². The van der Waals surface area contributed by atoms with Gasteiger partial charge in [-0.25, -0.2) is 0 Å². The topological polar surface area (TPSA) is 50.7 Å². The molecule has 0 aromatic carbocycles. The van der Waals surface area contributed by atoms with Crippen LogP contribution in [0.3, 0.4) is 0 Å². The van der Waals surface area contributed by atoms with Gasteiger partial charge in [0.05, 0.1) is 17.1 Å². The summed E-state index contributed by atoms with van der Waals surface area (Å²) in [5.41, 5.74) is 1.14. The van der Waals surface area contributed by atoms with Gasteiger partial charge in [0.2, 0.25) is 0 Å². The van der Waals surface area contributed by atoms with Crippen LogP contribution in [0.25, 0.3) is 0 Å². The average Bonchev–Trinajstić information content (AvgIpc) is 2.80. The van der Waals surface area contributed by atoms with Crippen molar-refractivity contribution in [3.8, 4) is 0 Å². The lowest BCUT2D eigenvalue weighted by molar-refractivity contribution is 0.636. The molecule has 0 amide bonds. The summed E-state index contributed by atoms with van der Waals surface area (Å²) in [7, 11) is 0. The van der Waals surface area contributed by atoms with Crippen molar-refractivity contribution in [2.75, 3.05) is 6.54 Å². The van der Waals surface area contributed by atoms with Crippen molar-refractivity contribution in [2.45, 2.75) is 13.0 Å². The highest BCUT2D eigenvalue weighted by Gasteiger charge is 2.14. The summed E-state index contributed by atoms with van der Waals surface area (Å²) < 4.78 is 3.88. The SMILES string of the molecule is CCNC(c1cccnc1)c1cnns1. The van der Waals surface area contributed by atoms with E-state index in [1.54, 1.807) is 12.4 Å². The van der Waals surface area contributed by atoms with Crippen LogP contribution in [0.2, 0.25) is 0 Å². The summed E-state index contributed by atoms with van der Waals surface area (Å²) in [5, 5.41) is 7.25. The molecule has 1 N–H and O–H groups in total. The van der Waals surface area contributed by atoms with Gasteiger partial charge in [-0.2, -0.15) is 0 Å². The summed E-state index contributed by atoms with van der Waals surface area (Å²) in [6, 6.07) is 4.15. The monoisotopic (exact) mass is 220 g/mol. The van der Waals surface area contributed by atoms with Crippen molar-refractivity contribution >= 4 is 11.5 Å². The molecule has 0 aliphatic heterocycles. The molecule has 0 bridgehead atoms. The van der Waals surface area contributed by atoms with Gasteiger partial charge >= 0.3 is 0 Å². The lowest BCUT2D eigenvalue weighted by atomic mass is 10.1. The molecule has 1 atom stereocenters. The van der Waals surface area contributed by atoms with Gasteiger partial charge in [0.25, 0.3) is 0 Å². The van der Waals surface area contributed by atoms with Crippen LogP contribution in [0.1, 0.15) is 23.4 Å². The Bertz CT molecular complexity index is 387. The number of hydrogen-bond donors (Lipinski definition) is 1. The highest BCUT2D eigenvalue weighted by Crippen LogP contribution is 2.22. The minimum Gasteiger partial charge on any atom is -0.306 e. The van der Waals surface area contributed by atoms with E-state index in [0.717, 1.165) is 17.0 Å². The molecule has 2 rings (SSSR count). The van der Waals surface area contributed by atoms with Gasteiger partial charge < -0.3 is 5.32 Å². The van der Waals surface area contributed by atoms with Gasteiger partial charge in [0, 0.05) is 12.4 Å². The van der Waals surface area contributed by atoms with Crippen LogP contribution >= 0.6 is 11.5 Å². The van der Waals surface area contributed by atoms with E-state index in [0.29, 0.717) is 0 Å². The van der Waals surface area contributed by atoms with Crippen LogP contribution < -0.4 is 5.32 Å². The molecule has 0 saturated heterocycles. The normalized spacial score (nSPS) is 12.6. The van der Waals surface area contributed by atoms with Gasteiger partial charge in [-0.05, 0) is 29.7 Å². The Labute approximate surface area is 92.5 Å². The molecule has 15 heavy (non-hydrogen) atoms. The zero-order chi connectivity index (χ0) is 10.5. The largest absolute Gasteiger partial charge is 0.306 e. The van der Waals surface area contributed by atoms with Crippen molar-refractivity contribution in [1.82, 2.24) is 19.9 Å². The molecule has 5 heteroatoms. The Morgan fingerprint density at radius 1 is 1.47 bits per heavy atom. The van der Waals surface area contributed by atoms with Crippen LogP contribution in [0.5, 0.6) is 0 Å². The zero-order valence-corrected chi connectivity index (χ0v) is 9.24. The Balaban J connectivity index is 2.28. The van der Waals surface area contributed by atoms with E-state index in [1.165, 1.54) is 11.5 Å². The molecule has 0 aliphatic rings. The molecule has 2 aromatic rings. The Kier molecular flexibility index (Phi) is 3.37. The van der Waals surface area contributed by atoms with E-state index < -0.39 is 0 Å². The molecule has 0 fully saturated rings. The molecule has 0 saturated carbocycles. The summed E-state index contributed by atoms with van der Waals surface area (Å²) in [6.45, 7) is 2.98. The number of aromatic nitrogens is 3. The summed E-state index contributed by atoms with van der Waals surface area (Å²) >= 11 is 1.41. The van der Waals surface area contributed by atoms with Crippen molar-refractivity contribution in [2.24, 2.45) is 0 Å². The van der Waals surface area contributed by atoms with Crippen molar-refractivity contribution in [1.29, 1.82) is 0 Å². The lowest BCUT2D eigenvalue weighted by Gasteiger charge is -2.14. The number of nitrogens with zero attached hydrogens (tertiary/aromatic N) is 3. The third-order valence-electron chi connectivity index (χ3n) is 2.09. The van der Waals surface area contributed by atoms with Crippen LogP contribution in [0.15, 0.2) is 30.7 Å². The van der Waals surface area contributed by atoms with E-state index in [9.17, 15) is 0 Å². The predicted octanol–water partition coefficient (Wildman–Crippen LogP) is 1.63. The minimum absolute atomic E-state index is 0.156. The van der Waals surface area contributed by atoms with E-state index in [-0.39, 0.29) is 6.04 Å². The maximum atomic E-state index is 4.12. The maximum Gasteiger partial charge on any atom is 0.0718 e. The first-order valence-electron chi connectivity index (χ1n) is 4.82. The quantitative estimate of drug-likeness (QED) is 0.851. The first-order chi connectivity index (χ1) is 7.42. The summed E-state index contributed by atoms with van der Waals surface area (Å²) in [4.78, 5) is 5.24. The number of nitrogens with one attached hydrogen (secondary N) is 1. The molecule has 78 valence electrons. The number of rotatable bonds is 4. The first-order valence-corrected chi connectivity index (χ1v) is 5.59. The standard InChI is InChI=1S/C10H12N4S/c1-2-12-10(9-7-13-14-15-9)8-4-3-5-11-6-8/h3-7,10,12H,2H2,1H3. The summed E-state index contributed by atoms with van der Waals surface area (Å²) in [6.07, 6.45) is 5.44. The van der Waals surface area contributed by atoms with Gasteiger partial charge in [-0.1, -0.05) is 17.5 Å². The van der Waals surface area contributed by atoms with Gasteiger partial charge in [-0.15, -0.1) is 5.10 Å². The lowest BCUT2D eigenvalue weighted by Crippen LogP contribution is -2.21. The third kappa shape index (κ3) is 2.37. The highest BCUT2D eigenvalue weighted by molar-refractivity contribution is 7.05.